The van der Waals surface area contributed by atoms with Crippen LogP contribution < -0.4 is 0 Å². The van der Waals surface area contributed by atoms with Crippen LogP contribution in [0.4, 0.5) is 0 Å². The van der Waals surface area contributed by atoms with E-state index in [9.17, 15) is 14.4 Å². The minimum Gasteiger partial charge on any atom is -0.479 e. The molecule has 1 aliphatic heterocycles. The number of carboxylic acids is 2. The molecule has 0 spiro atoms. The van der Waals surface area contributed by atoms with Gasteiger partial charge in [0.05, 0.1) is 0 Å². The Morgan fingerprint density at radius 2 is 1.50 bits per heavy atom. The Morgan fingerprint density at radius 3 is 1.83 bits per heavy atom. The average Bonchev–Trinajstić information content (AvgIpc) is 2.65. The number of aliphatic hydroxyl groups excluding tert-OH is 2. The van der Waals surface area contributed by atoms with E-state index in [1.807, 2.05) is 36.2 Å². The molecular weight excluding hydrogens is 460 g/mol. The lowest BCUT2D eigenvalue weighted by Gasteiger charge is -2.39. The van der Waals surface area contributed by atoms with Gasteiger partial charge in [0.25, 0.3) is 5.91 Å². The van der Waals surface area contributed by atoms with E-state index in [1.54, 1.807) is 0 Å². The van der Waals surface area contributed by atoms with Crippen LogP contribution in [0.5, 0.6) is 0 Å². The molecule has 1 aliphatic rings. The Bertz CT molecular complexity index is 704. The first kappa shape index (κ1) is 26.0. The monoisotopic (exact) mass is 488 g/mol. The zero-order chi connectivity index (χ0) is 23.0. The SMILES string of the molecule is CC(C)C(CN1CCC1)N(C)C(=O)c1ccc(Br)cc1.O=C(O)C(O)C(O)C(=O)O. The van der Waals surface area contributed by atoms with Crippen LogP contribution in [-0.2, 0) is 9.59 Å². The first-order valence-corrected chi connectivity index (χ1v) is 10.3. The van der Waals surface area contributed by atoms with Gasteiger partial charge in [0.2, 0.25) is 0 Å². The third-order valence-corrected chi connectivity index (χ3v) is 5.41. The number of amides is 1. The molecule has 168 valence electrons. The Morgan fingerprint density at radius 1 is 1.03 bits per heavy atom. The van der Waals surface area contributed by atoms with E-state index in [1.165, 1.54) is 19.5 Å². The van der Waals surface area contributed by atoms with Gasteiger partial charge in [0.1, 0.15) is 0 Å². The van der Waals surface area contributed by atoms with Crippen LogP contribution in [0.1, 0.15) is 30.6 Å². The molecule has 1 aromatic carbocycles. The number of likely N-dealkylation sites (N-methyl/N-ethyl adjacent to an activating group) is 1. The molecule has 3 unspecified atom stereocenters. The van der Waals surface area contributed by atoms with Gasteiger partial charge >= 0.3 is 11.9 Å². The van der Waals surface area contributed by atoms with Gasteiger partial charge < -0.3 is 30.2 Å². The molecule has 1 aromatic rings. The smallest absolute Gasteiger partial charge is 0.335 e. The van der Waals surface area contributed by atoms with Crippen molar-refractivity contribution in [2.24, 2.45) is 5.92 Å². The highest BCUT2D eigenvalue weighted by Gasteiger charge is 2.29. The minimum atomic E-state index is -2.27. The van der Waals surface area contributed by atoms with Gasteiger partial charge in [-0.25, -0.2) is 9.59 Å². The minimum absolute atomic E-state index is 0.108. The van der Waals surface area contributed by atoms with Crippen LogP contribution in [0.25, 0.3) is 0 Å². The number of nitrogens with zero attached hydrogens (tertiary/aromatic N) is 2. The van der Waals surface area contributed by atoms with Crippen LogP contribution in [-0.4, -0.2) is 93.0 Å². The largest absolute Gasteiger partial charge is 0.479 e. The van der Waals surface area contributed by atoms with Crippen LogP contribution in [0.3, 0.4) is 0 Å². The number of rotatable bonds is 8. The van der Waals surface area contributed by atoms with Crippen LogP contribution in [0.15, 0.2) is 28.7 Å². The second-order valence-corrected chi connectivity index (χ2v) is 8.37. The number of hydrogen-bond acceptors (Lipinski definition) is 6. The summed E-state index contributed by atoms with van der Waals surface area (Å²) in [5, 5.41) is 32.5. The van der Waals surface area contributed by atoms with Crippen LogP contribution >= 0.6 is 15.9 Å². The van der Waals surface area contributed by atoms with Gasteiger partial charge in [-0.1, -0.05) is 29.8 Å². The van der Waals surface area contributed by atoms with Crippen molar-refractivity contribution in [3.8, 4) is 0 Å². The maximum absolute atomic E-state index is 12.6. The second kappa shape index (κ2) is 12.0. The Labute approximate surface area is 184 Å². The second-order valence-electron chi connectivity index (χ2n) is 7.45. The normalized spacial score (nSPS) is 16.5. The number of aliphatic carboxylic acids is 2. The van der Waals surface area contributed by atoms with Gasteiger partial charge in [-0.15, -0.1) is 0 Å². The van der Waals surface area contributed by atoms with Crippen LogP contribution in [0.2, 0.25) is 0 Å². The van der Waals surface area contributed by atoms with Gasteiger partial charge in [-0.3, -0.25) is 4.79 Å². The first-order valence-electron chi connectivity index (χ1n) is 9.52. The zero-order valence-electron chi connectivity index (χ0n) is 17.2. The summed E-state index contributed by atoms with van der Waals surface area (Å²) in [5.74, 6) is -2.97. The number of carboxylic acid groups (broad SMARTS) is 2. The number of benzene rings is 1. The molecule has 1 fully saturated rings. The van der Waals surface area contributed by atoms with Gasteiger partial charge in [-0.05, 0) is 49.7 Å². The molecule has 10 heteroatoms. The molecule has 0 saturated carbocycles. The zero-order valence-corrected chi connectivity index (χ0v) is 18.8. The number of carbonyl (C=O) groups is 3. The van der Waals surface area contributed by atoms with Crippen molar-refractivity contribution in [2.45, 2.75) is 38.5 Å². The molecule has 0 aromatic heterocycles. The number of carbonyl (C=O) groups excluding carboxylic acids is 1. The summed E-state index contributed by atoms with van der Waals surface area (Å²) in [6.45, 7) is 7.70. The highest BCUT2D eigenvalue weighted by atomic mass is 79.9. The summed E-state index contributed by atoms with van der Waals surface area (Å²) in [5.41, 5.74) is 0.755. The standard InChI is InChI=1S/C16H23BrN2O.C4H6O6/c1-12(2)15(11-19-9-4-10-19)18(3)16(20)13-5-7-14(17)8-6-13;5-1(3(7)8)2(6)4(9)10/h5-8,12,15H,4,9-11H2,1-3H3;1-2,5-6H,(H,7,8)(H,9,10). The van der Waals surface area contributed by atoms with Crippen molar-refractivity contribution in [1.29, 1.82) is 0 Å². The van der Waals surface area contributed by atoms with E-state index in [-0.39, 0.29) is 11.9 Å². The summed E-state index contributed by atoms with van der Waals surface area (Å²) >= 11 is 3.40. The van der Waals surface area contributed by atoms with Crippen molar-refractivity contribution in [1.82, 2.24) is 9.80 Å². The fourth-order valence-corrected chi connectivity index (χ4v) is 3.09. The van der Waals surface area contributed by atoms with Gasteiger partial charge in [-0.2, -0.15) is 0 Å². The predicted molar refractivity (Wildman–Crippen MR) is 113 cm³/mol. The Hall–Kier alpha value is -2.01. The molecule has 1 saturated heterocycles. The van der Waals surface area contributed by atoms with Crippen molar-refractivity contribution < 1.29 is 34.8 Å². The fourth-order valence-electron chi connectivity index (χ4n) is 2.83. The first-order chi connectivity index (χ1) is 14.0. The molecule has 0 aliphatic carbocycles. The third-order valence-electron chi connectivity index (χ3n) is 4.88. The Kier molecular flexibility index (Phi) is 10.4. The van der Waals surface area contributed by atoms with Crippen molar-refractivity contribution >= 4 is 33.8 Å². The summed E-state index contributed by atoms with van der Waals surface area (Å²) in [6.07, 6.45) is -3.25. The fraction of sp³-hybridized carbons (Fsp3) is 0.550. The number of likely N-dealkylation sites (tertiary alicyclic amines) is 1. The number of halogens is 1. The predicted octanol–water partition coefficient (Wildman–Crippen LogP) is 1.13. The maximum Gasteiger partial charge on any atom is 0.335 e. The third kappa shape index (κ3) is 7.67. The highest BCUT2D eigenvalue weighted by Crippen LogP contribution is 2.18. The molecule has 0 bridgehead atoms. The van der Waals surface area contributed by atoms with E-state index in [0.717, 1.165) is 16.6 Å². The molecular formula is C20H29BrN2O7. The van der Waals surface area contributed by atoms with Crippen molar-refractivity contribution in [3.05, 3.63) is 34.3 Å². The molecule has 9 nitrogen and oxygen atoms in total. The molecule has 3 atom stereocenters. The molecule has 30 heavy (non-hydrogen) atoms. The Balaban J connectivity index is 0.000000382. The average molecular weight is 489 g/mol. The number of aliphatic hydroxyl groups is 2. The lowest BCUT2D eigenvalue weighted by molar-refractivity contribution is -0.165. The van der Waals surface area contributed by atoms with E-state index >= 15 is 0 Å². The van der Waals surface area contributed by atoms with E-state index in [2.05, 4.69) is 34.7 Å². The van der Waals surface area contributed by atoms with Crippen molar-refractivity contribution in [2.75, 3.05) is 26.7 Å². The lowest BCUT2D eigenvalue weighted by Crippen LogP contribution is -2.51. The van der Waals surface area contributed by atoms with Gasteiger partial charge in [0, 0.05) is 29.7 Å². The van der Waals surface area contributed by atoms with E-state index < -0.39 is 24.1 Å². The van der Waals surface area contributed by atoms with Gasteiger partial charge in [0.15, 0.2) is 12.2 Å². The lowest BCUT2D eigenvalue weighted by atomic mass is 10.00. The highest BCUT2D eigenvalue weighted by molar-refractivity contribution is 9.10. The summed E-state index contributed by atoms with van der Waals surface area (Å²) in [6, 6.07) is 7.86. The van der Waals surface area contributed by atoms with Crippen LogP contribution in [0, 0.1) is 5.92 Å². The number of hydrogen-bond donors (Lipinski definition) is 4. The quantitative estimate of drug-likeness (QED) is 0.427. The molecule has 1 amide bonds. The van der Waals surface area contributed by atoms with Crippen molar-refractivity contribution in [3.63, 3.8) is 0 Å². The van der Waals surface area contributed by atoms with E-state index in [4.69, 9.17) is 20.4 Å². The summed E-state index contributed by atoms with van der Waals surface area (Å²) < 4.78 is 0.998. The summed E-state index contributed by atoms with van der Waals surface area (Å²) in [7, 11) is 1.93. The molecule has 0 radical (unpaired) electrons. The van der Waals surface area contributed by atoms with E-state index in [0.29, 0.717) is 5.92 Å². The molecule has 4 N–H and O–H groups in total. The topological polar surface area (TPSA) is 139 Å². The summed E-state index contributed by atoms with van der Waals surface area (Å²) in [4.78, 5) is 36.5. The molecule has 1 heterocycles. The molecule has 2 rings (SSSR count). The maximum atomic E-state index is 12.6.